The number of rotatable bonds is 6. The molecule has 2 N–H and O–H groups in total. The second kappa shape index (κ2) is 8.53. The number of amides is 2. The lowest BCUT2D eigenvalue weighted by Crippen LogP contribution is -2.30. The van der Waals surface area contributed by atoms with Crippen molar-refractivity contribution in [1.29, 1.82) is 0 Å². The van der Waals surface area contributed by atoms with Crippen molar-refractivity contribution in [1.82, 2.24) is 5.32 Å². The second-order valence-electron chi connectivity index (χ2n) is 5.58. The first-order chi connectivity index (χ1) is 13.2. The summed E-state index contributed by atoms with van der Waals surface area (Å²) in [5.74, 6) is 0.263. The van der Waals surface area contributed by atoms with Gasteiger partial charge in [0.25, 0.3) is 11.8 Å². The van der Waals surface area contributed by atoms with Crippen LogP contribution in [-0.2, 0) is 4.79 Å². The number of hydrogen-bond acceptors (Lipinski definition) is 4. The van der Waals surface area contributed by atoms with Crippen molar-refractivity contribution >= 4 is 23.6 Å². The van der Waals surface area contributed by atoms with Gasteiger partial charge in [-0.15, -0.1) is 0 Å². The predicted molar refractivity (Wildman–Crippen MR) is 102 cm³/mol. The highest BCUT2D eigenvalue weighted by Crippen LogP contribution is 2.16. The van der Waals surface area contributed by atoms with Crippen molar-refractivity contribution in [2.24, 2.45) is 0 Å². The fourth-order valence-corrected chi connectivity index (χ4v) is 2.33. The topological polar surface area (TPSA) is 80.6 Å². The summed E-state index contributed by atoms with van der Waals surface area (Å²) in [6.07, 6.45) is 2.96. The molecule has 0 aliphatic heterocycles. The number of nitrogens with one attached hydrogen (secondary N) is 2. The Morgan fingerprint density at radius 2 is 1.70 bits per heavy atom. The summed E-state index contributed by atoms with van der Waals surface area (Å²) < 4.78 is 10.4. The van der Waals surface area contributed by atoms with E-state index < -0.39 is 11.8 Å². The predicted octanol–water partition coefficient (Wildman–Crippen LogP) is 3.70. The first-order valence-corrected chi connectivity index (χ1v) is 8.23. The van der Waals surface area contributed by atoms with Crippen LogP contribution in [0, 0.1) is 0 Å². The van der Waals surface area contributed by atoms with Crippen molar-refractivity contribution in [3.8, 4) is 5.75 Å². The van der Waals surface area contributed by atoms with Gasteiger partial charge in [-0.2, -0.15) is 0 Å². The molecule has 6 heteroatoms. The van der Waals surface area contributed by atoms with Gasteiger partial charge in [-0.05, 0) is 48.5 Å². The molecule has 2 amide bonds. The molecular weight excluding hydrogens is 344 g/mol. The molecule has 2 aromatic carbocycles. The van der Waals surface area contributed by atoms with Crippen LogP contribution in [0.5, 0.6) is 5.75 Å². The maximum atomic E-state index is 12.7. The van der Waals surface area contributed by atoms with Crippen LogP contribution in [0.3, 0.4) is 0 Å². The van der Waals surface area contributed by atoms with Crippen molar-refractivity contribution in [3.05, 3.63) is 90.0 Å². The van der Waals surface area contributed by atoms with Crippen LogP contribution in [0.15, 0.2) is 83.1 Å². The molecule has 0 spiro atoms. The molecule has 3 rings (SSSR count). The van der Waals surface area contributed by atoms with E-state index in [0.29, 0.717) is 22.8 Å². The van der Waals surface area contributed by atoms with Crippen LogP contribution in [0.4, 0.5) is 5.69 Å². The zero-order valence-electron chi connectivity index (χ0n) is 14.6. The number of furan rings is 1. The fourth-order valence-electron chi connectivity index (χ4n) is 2.33. The Labute approximate surface area is 156 Å². The number of ether oxygens (including phenoxy) is 1. The van der Waals surface area contributed by atoms with Crippen molar-refractivity contribution in [3.63, 3.8) is 0 Å². The molecule has 1 heterocycles. The summed E-state index contributed by atoms with van der Waals surface area (Å²) in [7, 11) is 1.57. The molecule has 0 aliphatic carbocycles. The third-order valence-corrected chi connectivity index (χ3v) is 3.71. The Bertz CT molecular complexity index is 930. The lowest BCUT2D eigenvalue weighted by molar-refractivity contribution is -0.113. The minimum Gasteiger partial charge on any atom is -0.497 e. The summed E-state index contributed by atoms with van der Waals surface area (Å²) >= 11 is 0. The maximum Gasteiger partial charge on any atom is 0.272 e. The van der Waals surface area contributed by atoms with Gasteiger partial charge in [0.2, 0.25) is 0 Å². The normalized spacial score (nSPS) is 10.9. The van der Waals surface area contributed by atoms with E-state index in [1.54, 1.807) is 67.8 Å². The monoisotopic (exact) mass is 362 g/mol. The first-order valence-electron chi connectivity index (χ1n) is 8.23. The molecule has 0 unspecified atom stereocenters. The minimum atomic E-state index is -0.471. The number of methoxy groups -OCH3 is 1. The molecule has 0 fully saturated rings. The minimum absolute atomic E-state index is 0.0645. The van der Waals surface area contributed by atoms with E-state index in [2.05, 4.69) is 10.6 Å². The Kier molecular flexibility index (Phi) is 5.69. The van der Waals surface area contributed by atoms with Crippen LogP contribution in [0.1, 0.15) is 16.1 Å². The molecule has 0 saturated heterocycles. The number of anilines is 1. The van der Waals surface area contributed by atoms with Crippen LogP contribution in [0.2, 0.25) is 0 Å². The summed E-state index contributed by atoms with van der Waals surface area (Å²) in [5, 5.41) is 5.38. The number of carbonyl (C=O) groups is 2. The van der Waals surface area contributed by atoms with E-state index in [9.17, 15) is 9.59 Å². The maximum absolute atomic E-state index is 12.7. The summed E-state index contributed by atoms with van der Waals surface area (Å²) in [4.78, 5) is 25.1. The van der Waals surface area contributed by atoms with E-state index in [-0.39, 0.29) is 5.70 Å². The zero-order valence-corrected chi connectivity index (χ0v) is 14.6. The molecule has 0 aliphatic rings. The standard InChI is InChI=1S/C21H18N2O4/c1-26-17-11-9-16(10-12-17)22-21(25)19(14-18-8-5-13-27-18)23-20(24)15-6-3-2-4-7-15/h2-14H,1H3,(H,22,25)(H,23,24)/b19-14-. The summed E-state index contributed by atoms with van der Waals surface area (Å²) in [5.41, 5.74) is 1.08. The summed E-state index contributed by atoms with van der Waals surface area (Å²) in [6, 6.07) is 18.9. The third-order valence-electron chi connectivity index (χ3n) is 3.71. The molecule has 27 heavy (non-hydrogen) atoms. The van der Waals surface area contributed by atoms with Crippen LogP contribution >= 0.6 is 0 Å². The molecule has 3 aromatic rings. The zero-order chi connectivity index (χ0) is 19.1. The Hall–Kier alpha value is -3.80. The Morgan fingerprint density at radius 3 is 2.33 bits per heavy atom. The van der Waals surface area contributed by atoms with Gasteiger partial charge in [-0.3, -0.25) is 9.59 Å². The SMILES string of the molecule is COc1ccc(NC(=O)/C(=C/c2ccco2)NC(=O)c2ccccc2)cc1. The van der Waals surface area contributed by atoms with Crippen LogP contribution in [0.25, 0.3) is 6.08 Å². The molecular formula is C21H18N2O4. The molecule has 1 aromatic heterocycles. The highest BCUT2D eigenvalue weighted by Gasteiger charge is 2.15. The average molecular weight is 362 g/mol. The van der Waals surface area contributed by atoms with Crippen molar-refractivity contribution in [2.45, 2.75) is 0 Å². The lowest BCUT2D eigenvalue weighted by Gasteiger charge is -2.11. The van der Waals surface area contributed by atoms with Gasteiger partial charge in [0.1, 0.15) is 17.2 Å². The second-order valence-corrected chi connectivity index (χ2v) is 5.58. The smallest absolute Gasteiger partial charge is 0.272 e. The molecule has 0 bridgehead atoms. The van der Waals surface area contributed by atoms with Crippen molar-refractivity contribution in [2.75, 3.05) is 12.4 Å². The largest absolute Gasteiger partial charge is 0.497 e. The Morgan fingerprint density at radius 1 is 0.963 bits per heavy atom. The van der Waals surface area contributed by atoms with E-state index in [1.807, 2.05) is 6.07 Å². The van der Waals surface area contributed by atoms with Crippen LogP contribution in [-0.4, -0.2) is 18.9 Å². The van der Waals surface area contributed by atoms with Gasteiger partial charge < -0.3 is 19.8 Å². The van der Waals surface area contributed by atoms with Gasteiger partial charge in [0.15, 0.2) is 0 Å². The first kappa shape index (κ1) is 18.0. The van der Waals surface area contributed by atoms with Gasteiger partial charge in [-0.1, -0.05) is 18.2 Å². The van der Waals surface area contributed by atoms with E-state index in [1.165, 1.54) is 12.3 Å². The number of benzene rings is 2. The van der Waals surface area contributed by atoms with E-state index in [4.69, 9.17) is 9.15 Å². The Balaban J connectivity index is 1.80. The van der Waals surface area contributed by atoms with Gasteiger partial charge in [0, 0.05) is 17.3 Å². The van der Waals surface area contributed by atoms with Crippen molar-refractivity contribution < 1.29 is 18.7 Å². The summed E-state index contributed by atoms with van der Waals surface area (Å²) in [6.45, 7) is 0. The average Bonchev–Trinajstić information content (AvgIpc) is 3.22. The molecule has 0 radical (unpaired) electrons. The molecule has 0 atom stereocenters. The quantitative estimate of drug-likeness (QED) is 0.655. The van der Waals surface area contributed by atoms with E-state index in [0.717, 1.165) is 0 Å². The van der Waals surface area contributed by atoms with Crippen LogP contribution < -0.4 is 15.4 Å². The lowest BCUT2D eigenvalue weighted by atomic mass is 10.2. The highest BCUT2D eigenvalue weighted by atomic mass is 16.5. The highest BCUT2D eigenvalue weighted by molar-refractivity contribution is 6.10. The third kappa shape index (κ3) is 4.85. The molecule has 6 nitrogen and oxygen atoms in total. The van der Waals surface area contributed by atoms with Gasteiger partial charge in [-0.25, -0.2) is 0 Å². The number of carbonyl (C=O) groups excluding carboxylic acids is 2. The van der Waals surface area contributed by atoms with E-state index >= 15 is 0 Å². The molecule has 0 saturated carbocycles. The fraction of sp³-hybridized carbons (Fsp3) is 0.0476. The van der Waals surface area contributed by atoms with Gasteiger partial charge in [0.05, 0.1) is 13.4 Å². The molecule has 136 valence electrons. The van der Waals surface area contributed by atoms with Gasteiger partial charge >= 0.3 is 0 Å². The number of hydrogen-bond donors (Lipinski definition) is 2.